The van der Waals surface area contributed by atoms with Crippen molar-refractivity contribution < 1.29 is 32.3 Å². The summed E-state index contributed by atoms with van der Waals surface area (Å²) in [5.74, 6) is 0. The Labute approximate surface area is 130 Å². The van der Waals surface area contributed by atoms with E-state index in [1.807, 2.05) is 0 Å². The molecule has 2 saturated heterocycles. The van der Waals surface area contributed by atoms with Crippen molar-refractivity contribution in [2.45, 2.75) is 49.9 Å². The molecule has 2 N–H and O–H groups in total. The van der Waals surface area contributed by atoms with Gasteiger partial charge in [0.05, 0.1) is 24.5 Å². The van der Waals surface area contributed by atoms with Crippen LogP contribution in [-0.4, -0.2) is 73.4 Å². The van der Waals surface area contributed by atoms with E-state index in [9.17, 15) is 23.4 Å². The number of nitrogens with zero attached hydrogens (tertiary/aromatic N) is 1. The lowest BCUT2D eigenvalue weighted by molar-refractivity contribution is -0.0847. The number of hydrogen-bond acceptors (Lipinski definition) is 6. The lowest BCUT2D eigenvalue weighted by Gasteiger charge is -2.42. The highest BCUT2D eigenvalue weighted by Gasteiger charge is 2.39. The first-order valence-electron chi connectivity index (χ1n) is 7.36. The van der Waals surface area contributed by atoms with Crippen molar-refractivity contribution in [2.24, 2.45) is 0 Å². The molecule has 0 saturated carbocycles. The van der Waals surface area contributed by atoms with Crippen molar-refractivity contribution in [3.63, 3.8) is 0 Å². The maximum atomic E-state index is 11.4. The molecule has 0 radical (unpaired) electrons. The fourth-order valence-corrected chi connectivity index (χ4v) is 3.81. The number of rotatable bonds is 4. The number of carboxylic acid groups (broad SMARTS) is 1. The normalized spacial score (nSPS) is 29.3. The number of ether oxygens (including phenoxy) is 1. The van der Waals surface area contributed by atoms with Crippen LogP contribution in [0.5, 0.6) is 0 Å². The Morgan fingerprint density at radius 2 is 2.00 bits per heavy atom. The van der Waals surface area contributed by atoms with Gasteiger partial charge in [-0.05, 0) is 32.1 Å². The molecule has 8 nitrogen and oxygen atoms in total. The van der Waals surface area contributed by atoms with Crippen LogP contribution in [0, 0.1) is 0 Å². The van der Waals surface area contributed by atoms with Crippen LogP contribution >= 0.6 is 0 Å². The predicted octanol–water partition coefficient (Wildman–Crippen LogP) is 0.405. The van der Waals surface area contributed by atoms with E-state index in [-0.39, 0.29) is 12.6 Å². The maximum absolute atomic E-state index is 11.4. The van der Waals surface area contributed by atoms with Gasteiger partial charge in [0.2, 0.25) is 0 Å². The van der Waals surface area contributed by atoms with Crippen LogP contribution in [0.3, 0.4) is 0 Å². The number of piperidine rings is 1. The van der Waals surface area contributed by atoms with Gasteiger partial charge < -0.3 is 19.8 Å². The SMILES string of the molecule is CS(=O)(=O)O[C@H]1CC[C@H](CC2(O)CCOCC2)N(C(=O)O)C1. The quantitative estimate of drug-likeness (QED) is 0.714. The van der Waals surface area contributed by atoms with Crippen LogP contribution in [0.1, 0.15) is 32.1 Å². The molecule has 0 unspecified atom stereocenters. The summed E-state index contributed by atoms with van der Waals surface area (Å²) >= 11 is 0. The Balaban J connectivity index is 2.01. The summed E-state index contributed by atoms with van der Waals surface area (Å²) in [6.45, 7) is 0.936. The van der Waals surface area contributed by atoms with Crippen LogP contribution in [0.2, 0.25) is 0 Å². The van der Waals surface area contributed by atoms with E-state index in [0.717, 1.165) is 6.26 Å². The van der Waals surface area contributed by atoms with Crippen LogP contribution < -0.4 is 0 Å². The molecule has 0 aliphatic carbocycles. The van der Waals surface area contributed by atoms with Crippen molar-refractivity contribution in [3.05, 3.63) is 0 Å². The predicted molar refractivity (Wildman–Crippen MR) is 77.1 cm³/mol. The van der Waals surface area contributed by atoms with Crippen LogP contribution in [0.4, 0.5) is 4.79 Å². The summed E-state index contributed by atoms with van der Waals surface area (Å²) in [6.07, 6.45) is 1.40. The molecule has 128 valence electrons. The summed E-state index contributed by atoms with van der Waals surface area (Å²) in [6, 6.07) is -0.333. The van der Waals surface area contributed by atoms with Crippen molar-refractivity contribution in [2.75, 3.05) is 26.0 Å². The minimum Gasteiger partial charge on any atom is -0.465 e. The summed E-state index contributed by atoms with van der Waals surface area (Å²) in [5.41, 5.74) is -0.916. The van der Waals surface area contributed by atoms with Crippen molar-refractivity contribution in [1.29, 1.82) is 0 Å². The number of carbonyl (C=O) groups is 1. The third-order valence-corrected chi connectivity index (χ3v) is 4.88. The van der Waals surface area contributed by atoms with Gasteiger partial charge in [-0.1, -0.05) is 0 Å². The number of aliphatic hydroxyl groups is 1. The molecule has 0 aromatic heterocycles. The second kappa shape index (κ2) is 6.69. The molecule has 0 bridgehead atoms. The Bertz CT molecular complexity index is 501. The number of likely N-dealkylation sites (tertiary alicyclic amines) is 1. The molecule has 0 aromatic rings. The fourth-order valence-electron chi connectivity index (χ4n) is 3.16. The molecule has 2 atom stereocenters. The van der Waals surface area contributed by atoms with Crippen LogP contribution in [0.25, 0.3) is 0 Å². The topological polar surface area (TPSA) is 113 Å². The van der Waals surface area contributed by atoms with Gasteiger partial charge >= 0.3 is 6.09 Å². The molecule has 1 amide bonds. The van der Waals surface area contributed by atoms with Crippen molar-refractivity contribution >= 4 is 16.2 Å². The van der Waals surface area contributed by atoms with E-state index in [1.165, 1.54) is 4.90 Å². The Hall–Kier alpha value is -0.900. The minimum atomic E-state index is -3.62. The maximum Gasteiger partial charge on any atom is 0.407 e. The monoisotopic (exact) mass is 337 g/mol. The van der Waals surface area contributed by atoms with Gasteiger partial charge in [0, 0.05) is 19.3 Å². The van der Waals surface area contributed by atoms with E-state index in [1.54, 1.807) is 0 Å². The average molecular weight is 337 g/mol. The van der Waals surface area contributed by atoms with Gasteiger partial charge in [0.15, 0.2) is 0 Å². The van der Waals surface area contributed by atoms with Gasteiger partial charge in [-0.3, -0.25) is 4.18 Å². The lowest BCUT2D eigenvalue weighted by Crippen LogP contribution is -2.53. The highest BCUT2D eigenvalue weighted by atomic mass is 32.2. The molecule has 2 aliphatic heterocycles. The molecule has 22 heavy (non-hydrogen) atoms. The molecule has 2 rings (SSSR count). The van der Waals surface area contributed by atoms with Crippen LogP contribution in [-0.2, 0) is 19.0 Å². The van der Waals surface area contributed by atoms with E-state index in [2.05, 4.69) is 0 Å². The molecule has 0 aromatic carbocycles. The van der Waals surface area contributed by atoms with E-state index in [0.29, 0.717) is 45.3 Å². The van der Waals surface area contributed by atoms with Gasteiger partial charge in [0.1, 0.15) is 0 Å². The van der Waals surface area contributed by atoms with Crippen LogP contribution in [0.15, 0.2) is 0 Å². The highest BCUT2D eigenvalue weighted by molar-refractivity contribution is 7.86. The third-order valence-electron chi connectivity index (χ3n) is 4.26. The van der Waals surface area contributed by atoms with E-state index in [4.69, 9.17) is 8.92 Å². The number of hydrogen-bond donors (Lipinski definition) is 2. The molecule has 2 heterocycles. The minimum absolute atomic E-state index is 0.000347. The molecule has 2 aliphatic rings. The smallest absolute Gasteiger partial charge is 0.407 e. The molecule has 0 spiro atoms. The lowest BCUT2D eigenvalue weighted by atomic mass is 9.84. The Kier molecular flexibility index (Phi) is 5.31. The fraction of sp³-hybridized carbons (Fsp3) is 0.923. The first kappa shape index (κ1) is 17.5. The molecular weight excluding hydrogens is 314 g/mol. The molecular formula is C13H23NO7S. The third kappa shape index (κ3) is 4.80. The second-order valence-corrected chi connectivity index (χ2v) is 7.73. The first-order chi connectivity index (χ1) is 10.2. The summed E-state index contributed by atoms with van der Waals surface area (Å²) in [4.78, 5) is 12.6. The summed E-state index contributed by atoms with van der Waals surface area (Å²) in [7, 11) is -3.62. The zero-order chi connectivity index (χ0) is 16.4. The zero-order valence-corrected chi connectivity index (χ0v) is 13.4. The second-order valence-electron chi connectivity index (χ2n) is 6.13. The summed E-state index contributed by atoms with van der Waals surface area (Å²) in [5, 5.41) is 19.9. The number of amides is 1. The average Bonchev–Trinajstić information content (AvgIpc) is 2.39. The van der Waals surface area contributed by atoms with E-state index >= 15 is 0 Å². The van der Waals surface area contributed by atoms with Gasteiger partial charge in [-0.25, -0.2) is 4.79 Å². The Morgan fingerprint density at radius 1 is 1.36 bits per heavy atom. The van der Waals surface area contributed by atoms with Gasteiger partial charge in [0.25, 0.3) is 10.1 Å². The molecule has 2 fully saturated rings. The van der Waals surface area contributed by atoms with E-state index < -0.39 is 27.9 Å². The van der Waals surface area contributed by atoms with Gasteiger partial charge in [-0.2, -0.15) is 8.42 Å². The first-order valence-corrected chi connectivity index (χ1v) is 9.18. The van der Waals surface area contributed by atoms with Crippen molar-refractivity contribution in [3.8, 4) is 0 Å². The standard InChI is InChI=1S/C13H23NO7S/c1-22(18,19)21-11-3-2-10(14(9-11)12(15)16)8-13(17)4-6-20-7-5-13/h10-11,17H,2-9H2,1H3,(H,15,16)/t10-,11+/m1/s1. The molecule has 9 heteroatoms. The summed E-state index contributed by atoms with van der Waals surface area (Å²) < 4.78 is 32.5. The largest absolute Gasteiger partial charge is 0.465 e. The zero-order valence-electron chi connectivity index (χ0n) is 12.6. The van der Waals surface area contributed by atoms with Crippen molar-refractivity contribution in [1.82, 2.24) is 4.90 Å². The Morgan fingerprint density at radius 3 is 2.55 bits per heavy atom. The highest BCUT2D eigenvalue weighted by Crippen LogP contribution is 2.32. The van der Waals surface area contributed by atoms with Gasteiger partial charge in [-0.15, -0.1) is 0 Å².